The van der Waals surface area contributed by atoms with Gasteiger partial charge in [0.15, 0.2) is 11.6 Å². The van der Waals surface area contributed by atoms with Crippen molar-refractivity contribution in [3.05, 3.63) is 35.9 Å². The van der Waals surface area contributed by atoms with E-state index in [4.69, 9.17) is 18.9 Å². The van der Waals surface area contributed by atoms with Gasteiger partial charge in [-0.05, 0) is 39.7 Å². The fourth-order valence-corrected chi connectivity index (χ4v) is 4.23. The Morgan fingerprint density at radius 2 is 1.68 bits per heavy atom. The predicted molar refractivity (Wildman–Crippen MR) is 90.1 cm³/mol. The van der Waals surface area contributed by atoms with Gasteiger partial charge in [0.1, 0.15) is 18.3 Å². The Morgan fingerprint density at radius 3 is 2.32 bits per heavy atom. The van der Waals surface area contributed by atoms with Crippen LogP contribution in [0.4, 0.5) is 0 Å². The average molecular weight is 349 g/mol. The molecule has 5 atom stereocenters. The summed E-state index contributed by atoms with van der Waals surface area (Å²) in [6, 6.07) is 9.63. The molecule has 1 aromatic rings. The Labute approximate surface area is 148 Å². The van der Waals surface area contributed by atoms with E-state index in [0.717, 1.165) is 5.56 Å². The Bertz CT molecular complexity index is 620. The molecule has 0 radical (unpaired) electrons. The molecule has 0 aromatic heterocycles. The van der Waals surface area contributed by atoms with Crippen LogP contribution in [0.3, 0.4) is 0 Å². The van der Waals surface area contributed by atoms with Crippen molar-refractivity contribution in [3.8, 4) is 0 Å². The summed E-state index contributed by atoms with van der Waals surface area (Å²) in [4.78, 5) is 0. The lowest BCUT2D eigenvalue weighted by molar-refractivity contribution is -0.234. The van der Waals surface area contributed by atoms with Crippen molar-refractivity contribution in [1.82, 2.24) is 5.06 Å². The fraction of sp³-hybridized carbons (Fsp3) is 0.684. The molecule has 3 fully saturated rings. The SMILES string of the molecule is CC1(C)OCC(C2[C@@H]3OC(C)(C)O[C@@H]3C(Cc3ccccc3)N2O)O1. The van der Waals surface area contributed by atoms with E-state index in [0.29, 0.717) is 13.0 Å². The molecule has 1 aromatic carbocycles. The van der Waals surface area contributed by atoms with E-state index < -0.39 is 11.6 Å². The molecule has 3 heterocycles. The number of ether oxygens (including phenoxy) is 4. The highest BCUT2D eigenvalue weighted by molar-refractivity contribution is 5.19. The summed E-state index contributed by atoms with van der Waals surface area (Å²) in [7, 11) is 0. The lowest BCUT2D eigenvalue weighted by atomic mass is 10.00. The number of nitrogens with zero attached hydrogens (tertiary/aromatic N) is 1. The molecule has 3 aliphatic heterocycles. The highest BCUT2D eigenvalue weighted by atomic mass is 16.8. The fourth-order valence-electron chi connectivity index (χ4n) is 4.23. The van der Waals surface area contributed by atoms with Gasteiger partial charge in [-0.2, -0.15) is 5.06 Å². The third kappa shape index (κ3) is 3.23. The van der Waals surface area contributed by atoms with Gasteiger partial charge in [0.25, 0.3) is 0 Å². The molecule has 4 rings (SSSR count). The zero-order chi connectivity index (χ0) is 17.8. The molecular formula is C19H27NO5. The number of benzene rings is 1. The molecule has 0 amide bonds. The normalized spacial score (nSPS) is 39.6. The smallest absolute Gasteiger partial charge is 0.163 e. The summed E-state index contributed by atoms with van der Waals surface area (Å²) in [5.41, 5.74) is 1.16. The van der Waals surface area contributed by atoms with Gasteiger partial charge in [0.05, 0.1) is 18.7 Å². The summed E-state index contributed by atoms with van der Waals surface area (Å²) in [5.74, 6) is -1.31. The van der Waals surface area contributed by atoms with Crippen LogP contribution in [-0.4, -0.2) is 58.8 Å². The molecule has 6 nitrogen and oxygen atoms in total. The molecule has 0 bridgehead atoms. The molecule has 0 spiro atoms. The van der Waals surface area contributed by atoms with Gasteiger partial charge in [-0.1, -0.05) is 30.3 Å². The van der Waals surface area contributed by atoms with Crippen LogP contribution in [0.2, 0.25) is 0 Å². The molecule has 0 saturated carbocycles. The van der Waals surface area contributed by atoms with Gasteiger partial charge >= 0.3 is 0 Å². The maximum absolute atomic E-state index is 11.0. The quantitative estimate of drug-likeness (QED) is 0.904. The van der Waals surface area contributed by atoms with Crippen LogP contribution in [0.1, 0.15) is 33.3 Å². The minimum Gasteiger partial charge on any atom is -0.348 e. The van der Waals surface area contributed by atoms with E-state index in [1.807, 2.05) is 45.9 Å². The van der Waals surface area contributed by atoms with Crippen molar-refractivity contribution in [2.75, 3.05) is 6.61 Å². The molecule has 6 heteroatoms. The van der Waals surface area contributed by atoms with Gasteiger partial charge in [-0.15, -0.1) is 0 Å². The van der Waals surface area contributed by atoms with Gasteiger partial charge in [-0.3, -0.25) is 0 Å². The molecule has 25 heavy (non-hydrogen) atoms. The first kappa shape index (κ1) is 17.4. The first-order valence-electron chi connectivity index (χ1n) is 8.94. The van der Waals surface area contributed by atoms with E-state index in [1.54, 1.807) is 0 Å². The van der Waals surface area contributed by atoms with Crippen LogP contribution in [0, 0.1) is 0 Å². The second-order valence-electron chi connectivity index (χ2n) is 8.06. The van der Waals surface area contributed by atoms with Gasteiger partial charge in [0, 0.05) is 0 Å². The number of hydroxylamine groups is 2. The maximum atomic E-state index is 11.0. The first-order chi connectivity index (χ1) is 11.8. The molecule has 0 aliphatic carbocycles. The first-order valence-corrected chi connectivity index (χ1v) is 8.94. The van der Waals surface area contributed by atoms with Gasteiger partial charge < -0.3 is 24.2 Å². The second kappa shape index (κ2) is 6.01. The largest absolute Gasteiger partial charge is 0.348 e. The standard InChI is InChI=1S/C19H27NO5/c1-18(2)22-11-14(23-18)15-17-16(24-19(3,4)25-17)13(20(15)21)10-12-8-6-5-7-9-12/h5-9,13-17,21H,10-11H2,1-4H3/t13?,14?,15?,16-,17+/m1/s1. The maximum Gasteiger partial charge on any atom is 0.163 e. The molecule has 138 valence electrons. The summed E-state index contributed by atoms with van der Waals surface area (Å²) < 4.78 is 24.0. The van der Waals surface area contributed by atoms with Crippen molar-refractivity contribution in [2.45, 2.75) is 76.1 Å². The molecular weight excluding hydrogens is 322 g/mol. The zero-order valence-corrected chi connectivity index (χ0v) is 15.2. The number of fused-ring (bicyclic) bond motifs is 1. The monoisotopic (exact) mass is 349 g/mol. The predicted octanol–water partition coefficient (Wildman–Crippen LogP) is 2.34. The minimum absolute atomic E-state index is 0.188. The summed E-state index contributed by atoms with van der Waals surface area (Å²) in [6.07, 6.45) is -0.0368. The second-order valence-corrected chi connectivity index (χ2v) is 8.06. The van der Waals surface area contributed by atoms with Crippen LogP contribution >= 0.6 is 0 Å². The van der Waals surface area contributed by atoms with Crippen LogP contribution in [0.25, 0.3) is 0 Å². The number of rotatable bonds is 3. The highest BCUT2D eigenvalue weighted by Crippen LogP contribution is 2.43. The average Bonchev–Trinajstić information content (AvgIpc) is 3.11. The van der Waals surface area contributed by atoms with Gasteiger partial charge in [0.2, 0.25) is 0 Å². The molecule has 3 aliphatic rings. The number of hydrogen-bond donors (Lipinski definition) is 1. The van der Waals surface area contributed by atoms with Crippen LogP contribution in [0.15, 0.2) is 30.3 Å². The van der Waals surface area contributed by atoms with Crippen molar-refractivity contribution in [2.24, 2.45) is 0 Å². The van der Waals surface area contributed by atoms with E-state index in [2.05, 4.69) is 12.1 Å². The topological polar surface area (TPSA) is 60.4 Å². The van der Waals surface area contributed by atoms with Crippen LogP contribution < -0.4 is 0 Å². The van der Waals surface area contributed by atoms with E-state index in [9.17, 15) is 5.21 Å². The van der Waals surface area contributed by atoms with Crippen LogP contribution in [0.5, 0.6) is 0 Å². The minimum atomic E-state index is -0.668. The summed E-state index contributed by atoms with van der Waals surface area (Å²) >= 11 is 0. The Hall–Kier alpha value is -1.02. The lowest BCUT2D eigenvalue weighted by Crippen LogP contribution is -2.48. The molecule has 3 saturated heterocycles. The summed E-state index contributed by atoms with van der Waals surface area (Å²) in [6.45, 7) is 8.04. The Morgan fingerprint density at radius 1 is 1.00 bits per heavy atom. The zero-order valence-electron chi connectivity index (χ0n) is 15.2. The van der Waals surface area contributed by atoms with Crippen molar-refractivity contribution in [3.63, 3.8) is 0 Å². The van der Waals surface area contributed by atoms with E-state index in [-0.39, 0.29) is 30.4 Å². The van der Waals surface area contributed by atoms with E-state index >= 15 is 0 Å². The Kier molecular flexibility index (Phi) is 4.18. The van der Waals surface area contributed by atoms with Crippen molar-refractivity contribution in [1.29, 1.82) is 0 Å². The number of hydrogen-bond acceptors (Lipinski definition) is 6. The molecule has 3 unspecified atom stereocenters. The van der Waals surface area contributed by atoms with Crippen LogP contribution in [-0.2, 0) is 25.4 Å². The van der Waals surface area contributed by atoms with Crippen molar-refractivity contribution >= 4 is 0 Å². The highest BCUT2D eigenvalue weighted by Gasteiger charge is 2.61. The van der Waals surface area contributed by atoms with Crippen molar-refractivity contribution < 1.29 is 24.2 Å². The van der Waals surface area contributed by atoms with Gasteiger partial charge in [-0.25, -0.2) is 0 Å². The Balaban J connectivity index is 1.60. The molecule has 1 N–H and O–H groups in total. The third-order valence-corrected chi connectivity index (χ3v) is 5.22. The van der Waals surface area contributed by atoms with E-state index in [1.165, 1.54) is 5.06 Å². The summed E-state index contributed by atoms with van der Waals surface area (Å²) in [5, 5.41) is 12.3. The lowest BCUT2D eigenvalue weighted by Gasteiger charge is -2.32. The third-order valence-electron chi connectivity index (χ3n) is 5.22.